The number of nitrogens with zero attached hydrogens (tertiary/aromatic N) is 5. The number of benzene rings is 1. The lowest BCUT2D eigenvalue weighted by molar-refractivity contribution is -0.789. The highest BCUT2D eigenvalue weighted by molar-refractivity contribution is 8.71. The van der Waals surface area contributed by atoms with Crippen LogP contribution in [0.3, 0.4) is 0 Å². The summed E-state index contributed by atoms with van der Waals surface area (Å²) in [4.78, 5) is 55.9. The topological polar surface area (TPSA) is 240 Å². The Hall–Kier alpha value is -3.83. The largest absolute Gasteiger partial charge is 0.461 e. The standard InChI is InChI=1S/C14H15N5O12S2/c1-33(26,27)32-5-4-28-14(21)11-3-2-9(16-17-15)6-12(11)30-13(20)7-10(31-19(24)25)8-29-18(22)23/h2-3,6,10H,4-5,7-8H2,1H3. The summed E-state index contributed by atoms with van der Waals surface area (Å²) >= 11 is 0. The molecule has 0 aliphatic rings. The van der Waals surface area contributed by atoms with Crippen molar-refractivity contribution in [2.45, 2.75) is 12.5 Å². The first-order valence-electron chi connectivity index (χ1n) is 8.41. The van der Waals surface area contributed by atoms with Crippen molar-refractivity contribution in [3.63, 3.8) is 0 Å². The molecule has 0 spiro atoms. The van der Waals surface area contributed by atoms with Gasteiger partial charge in [-0.05, 0) is 28.5 Å². The average Bonchev–Trinajstić information content (AvgIpc) is 2.68. The van der Waals surface area contributed by atoms with Crippen LogP contribution in [0.4, 0.5) is 5.69 Å². The van der Waals surface area contributed by atoms with Crippen LogP contribution in [0.25, 0.3) is 10.4 Å². The maximum absolute atomic E-state index is 12.3. The number of esters is 2. The van der Waals surface area contributed by atoms with Gasteiger partial charge in [0, 0.05) is 22.6 Å². The van der Waals surface area contributed by atoms with Crippen molar-refractivity contribution in [1.29, 1.82) is 0 Å². The van der Waals surface area contributed by atoms with E-state index in [1.807, 2.05) is 0 Å². The van der Waals surface area contributed by atoms with Crippen LogP contribution in [0, 0.1) is 20.2 Å². The number of hydrogen-bond acceptors (Lipinski definition) is 14. The van der Waals surface area contributed by atoms with Crippen LogP contribution in [-0.4, -0.2) is 61.9 Å². The summed E-state index contributed by atoms with van der Waals surface area (Å²) in [5.74, 6) is -2.77. The Bertz CT molecular complexity index is 1060. The van der Waals surface area contributed by atoms with Crippen molar-refractivity contribution in [2.75, 3.05) is 25.2 Å². The molecule has 17 nitrogen and oxygen atoms in total. The van der Waals surface area contributed by atoms with E-state index in [4.69, 9.17) is 15.0 Å². The zero-order chi connectivity index (χ0) is 25.0. The third-order valence-corrected chi connectivity index (χ3v) is 5.72. The van der Waals surface area contributed by atoms with Crippen LogP contribution in [0.2, 0.25) is 0 Å². The van der Waals surface area contributed by atoms with E-state index < -0.39 is 55.9 Å². The van der Waals surface area contributed by atoms with Gasteiger partial charge in [-0.3, -0.25) is 4.79 Å². The molecule has 0 saturated carbocycles. The molecule has 0 bridgehead atoms. The summed E-state index contributed by atoms with van der Waals surface area (Å²) < 4.78 is 32.1. The Morgan fingerprint density at radius 2 is 1.97 bits per heavy atom. The molecule has 0 fully saturated rings. The Kier molecular flexibility index (Phi) is 10.6. The lowest BCUT2D eigenvalue weighted by Crippen LogP contribution is -2.29. The molecule has 0 N–H and O–H groups in total. The molecule has 1 aromatic carbocycles. The first kappa shape index (κ1) is 27.2. The molecule has 1 atom stereocenters. The molecule has 33 heavy (non-hydrogen) atoms. The highest BCUT2D eigenvalue weighted by Gasteiger charge is 2.23. The number of azide groups is 1. The summed E-state index contributed by atoms with van der Waals surface area (Å²) in [6.07, 6.45) is -1.63. The van der Waals surface area contributed by atoms with Crippen LogP contribution in [0.1, 0.15) is 16.8 Å². The lowest BCUT2D eigenvalue weighted by Gasteiger charge is -2.14. The maximum Gasteiger partial charge on any atom is 0.341 e. The van der Waals surface area contributed by atoms with Crippen molar-refractivity contribution in [1.82, 2.24) is 0 Å². The predicted molar refractivity (Wildman–Crippen MR) is 108 cm³/mol. The molecule has 0 amide bonds. The first-order chi connectivity index (χ1) is 15.4. The SMILES string of the molecule is CS(=O)(=O)SCCOC(=O)c1ccc(N=[N+]=[N-])cc1OC(=O)CC(CO[N+](=O)[O-])O[N+](=O)[O-]. The molecule has 0 radical (unpaired) electrons. The van der Waals surface area contributed by atoms with Crippen LogP contribution in [0.5, 0.6) is 5.75 Å². The Balaban J connectivity index is 2.98. The fraction of sp³-hybridized carbons (Fsp3) is 0.429. The Morgan fingerprint density at radius 3 is 2.55 bits per heavy atom. The fourth-order valence-corrected chi connectivity index (χ4v) is 3.58. The third kappa shape index (κ3) is 11.4. The normalized spacial score (nSPS) is 11.4. The number of ether oxygens (including phenoxy) is 2. The van der Waals surface area contributed by atoms with E-state index in [0.717, 1.165) is 18.4 Å². The van der Waals surface area contributed by atoms with Gasteiger partial charge in [0.1, 0.15) is 30.6 Å². The van der Waals surface area contributed by atoms with E-state index in [9.17, 15) is 38.2 Å². The highest BCUT2D eigenvalue weighted by atomic mass is 33.1. The maximum atomic E-state index is 12.3. The van der Waals surface area contributed by atoms with Crippen molar-refractivity contribution < 1.29 is 47.3 Å². The molecule has 0 heterocycles. The van der Waals surface area contributed by atoms with E-state index in [2.05, 4.69) is 19.7 Å². The van der Waals surface area contributed by atoms with Gasteiger partial charge in [0.2, 0.25) is 0 Å². The van der Waals surface area contributed by atoms with E-state index in [-0.39, 0.29) is 23.6 Å². The number of carbonyl (C=O) groups is 2. The molecule has 19 heteroatoms. The smallest absolute Gasteiger partial charge is 0.341 e. The third-order valence-electron chi connectivity index (χ3n) is 3.18. The molecule has 0 aromatic heterocycles. The van der Waals surface area contributed by atoms with Gasteiger partial charge in [-0.2, -0.15) is 0 Å². The zero-order valence-electron chi connectivity index (χ0n) is 16.6. The van der Waals surface area contributed by atoms with E-state index in [0.29, 0.717) is 10.8 Å². The molecule has 0 aliphatic heterocycles. The van der Waals surface area contributed by atoms with Gasteiger partial charge < -0.3 is 19.1 Å². The lowest BCUT2D eigenvalue weighted by atomic mass is 10.2. The molecule has 1 rings (SSSR count). The van der Waals surface area contributed by atoms with Crippen LogP contribution in [-0.2, 0) is 28.1 Å². The van der Waals surface area contributed by atoms with Crippen molar-refractivity contribution >= 4 is 37.3 Å². The number of carbonyl (C=O) groups excluding carboxylic acids is 2. The van der Waals surface area contributed by atoms with Gasteiger partial charge in [-0.25, -0.2) is 13.2 Å². The van der Waals surface area contributed by atoms with E-state index in [1.54, 1.807) is 0 Å². The predicted octanol–water partition coefficient (Wildman–Crippen LogP) is 1.56. The molecule has 180 valence electrons. The monoisotopic (exact) mass is 509 g/mol. The number of rotatable bonds is 14. The highest BCUT2D eigenvalue weighted by Crippen LogP contribution is 2.27. The summed E-state index contributed by atoms with van der Waals surface area (Å²) in [6.45, 7) is -1.27. The average molecular weight is 509 g/mol. The van der Waals surface area contributed by atoms with Crippen molar-refractivity contribution in [3.05, 3.63) is 54.4 Å². The summed E-state index contributed by atoms with van der Waals surface area (Å²) in [5, 5.41) is 21.5. The van der Waals surface area contributed by atoms with E-state index in [1.165, 1.54) is 6.07 Å². The van der Waals surface area contributed by atoms with Gasteiger partial charge >= 0.3 is 11.9 Å². The molecule has 1 aromatic rings. The van der Waals surface area contributed by atoms with Gasteiger partial charge in [0.25, 0.3) is 10.2 Å². The Morgan fingerprint density at radius 1 is 1.27 bits per heavy atom. The second-order valence-electron chi connectivity index (χ2n) is 5.68. The summed E-state index contributed by atoms with van der Waals surface area (Å²) in [5.41, 5.74) is 8.15. The van der Waals surface area contributed by atoms with Crippen LogP contribution >= 0.6 is 10.8 Å². The summed E-state index contributed by atoms with van der Waals surface area (Å²) in [6, 6.07) is 3.29. The van der Waals surface area contributed by atoms with Gasteiger partial charge in [0.15, 0.2) is 8.87 Å². The van der Waals surface area contributed by atoms with Gasteiger partial charge in [0.05, 0.1) is 6.42 Å². The minimum Gasteiger partial charge on any atom is -0.461 e. The summed E-state index contributed by atoms with van der Waals surface area (Å²) in [7, 11) is -2.82. The van der Waals surface area contributed by atoms with Crippen molar-refractivity contribution in [3.8, 4) is 5.75 Å². The fourth-order valence-electron chi connectivity index (χ4n) is 2.02. The van der Waals surface area contributed by atoms with E-state index >= 15 is 0 Å². The minimum absolute atomic E-state index is 0.0701. The molecule has 0 saturated heterocycles. The molecule has 0 aliphatic carbocycles. The zero-order valence-corrected chi connectivity index (χ0v) is 18.2. The van der Waals surface area contributed by atoms with Crippen molar-refractivity contribution in [2.24, 2.45) is 5.11 Å². The quantitative estimate of drug-likeness (QED) is 0.0398. The molecular formula is C14H15N5O12S2. The number of hydrogen-bond donors (Lipinski definition) is 0. The Labute approximate surface area is 188 Å². The van der Waals surface area contributed by atoms with Crippen LogP contribution in [0.15, 0.2) is 23.3 Å². The first-order valence-corrected chi connectivity index (χ1v) is 11.8. The minimum atomic E-state index is -3.36. The molecule has 1 unspecified atom stereocenters. The molecular weight excluding hydrogens is 494 g/mol. The second-order valence-corrected chi connectivity index (χ2v) is 10.3. The van der Waals surface area contributed by atoms with Gasteiger partial charge in [-0.1, -0.05) is 11.2 Å². The second kappa shape index (κ2) is 12.9. The van der Waals surface area contributed by atoms with Crippen LogP contribution < -0.4 is 4.74 Å². The van der Waals surface area contributed by atoms with Gasteiger partial charge in [-0.15, -0.1) is 20.2 Å².